The summed E-state index contributed by atoms with van der Waals surface area (Å²) in [5.41, 5.74) is -0.932. The molecule has 0 radical (unpaired) electrons. The number of thioether (sulfide) groups is 1. The minimum Gasteiger partial charge on any atom is -0.477 e. The van der Waals surface area contributed by atoms with Gasteiger partial charge < -0.3 is 9.67 Å². The Bertz CT molecular complexity index is 437. The fourth-order valence-electron chi connectivity index (χ4n) is 1.53. The maximum Gasteiger partial charge on any atom is 0.342 e. The largest absolute Gasteiger partial charge is 0.477 e. The highest BCUT2D eigenvalue weighted by Crippen LogP contribution is 2.27. The number of carboxylic acids is 1. The molecular weight excluding hydrogens is 216 g/mol. The van der Waals surface area contributed by atoms with E-state index in [-0.39, 0.29) is 11.6 Å². The fourth-order valence-corrected chi connectivity index (χ4v) is 2.75. The molecule has 6 heteroatoms. The molecule has 1 aromatic rings. The zero-order chi connectivity index (χ0) is 10.8. The number of hydrogen-bond donors (Lipinski definition) is 1. The van der Waals surface area contributed by atoms with Crippen LogP contribution in [0, 0.1) is 0 Å². The lowest BCUT2D eigenvalue weighted by molar-refractivity contribution is 0.0693. The smallest absolute Gasteiger partial charge is 0.342 e. The molecule has 80 valence electrons. The molecule has 1 fully saturated rings. The summed E-state index contributed by atoms with van der Waals surface area (Å²) in [6.45, 7) is 0. The van der Waals surface area contributed by atoms with Crippen molar-refractivity contribution in [3.63, 3.8) is 0 Å². The van der Waals surface area contributed by atoms with Crippen LogP contribution in [0.25, 0.3) is 0 Å². The van der Waals surface area contributed by atoms with E-state index in [1.54, 1.807) is 4.57 Å². The van der Waals surface area contributed by atoms with Crippen LogP contribution < -0.4 is 5.56 Å². The molecule has 15 heavy (non-hydrogen) atoms. The Labute approximate surface area is 90.1 Å². The van der Waals surface area contributed by atoms with Gasteiger partial charge in [-0.15, -0.1) is 0 Å². The van der Waals surface area contributed by atoms with Crippen molar-refractivity contribution < 1.29 is 9.90 Å². The molecule has 1 aromatic heterocycles. The lowest BCUT2D eigenvalue weighted by Gasteiger charge is -2.12. The molecule has 1 atom stereocenters. The Balaban J connectivity index is 2.37. The second kappa shape index (κ2) is 4.06. The van der Waals surface area contributed by atoms with Gasteiger partial charge in [0.15, 0.2) is 0 Å². The van der Waals surface area contributed by atoms with E-state index in [1.165, 1.54) is 12.5 Å². The van der Waals surface area contributed by atoms with E-state index >= 15 is 0 Å². The van der Waals surface area contributed by atoms with Crippen molar-refractivity contribution in [1.82, 2.24) is 9.55 Å². The summed E-state index contributed by atoms with van der Waals surface area (Å²) in [5.74, 6) is 0.801. The maximum absolute atomic E-state index is 11.1. The third-order valence-corrected chi connectivity index (χ3v) is 3.52. The van der Waals surface area contributed by atoms with Crippen molar-refractivity contribution in [3.05, 3.63) is 28.4 Å². The average molecular weight is 226 g/mol. The topological polar surface area (TPSA) is 72.2 Å². The number of nitrogens with zero attached hydrogens (tertiary/aromatic N) is 2. The summed E-state index contributed by atoms with van der Waals surface area (Å²) in [7, 11) is 0. The molecule has 1 aliphatic rings. The molecule has 1 N–H and O–H groups in total. The van der Waals surface area contributed by atoms with Crippen LogP contribution in [0.5, 0.6) is 0 Å². The van der Waals surface area contributed by atoms with Crippen molar-refractivity contribution in [2.45, 2.75) is 12.5 Å². The lowest BCUT2D eigenvalue weighted by atomic mass is 10.2. The van der Waals surface area contributed by atoms with Gasteiger partial charge in [0.05, 0.1) is 6.33 Å². The summed E-state index contributed by atoms with van der Waals surface area (Å²) < 4.78 is 1.73. The van der Waals surface area contributed by atoms with Crippen LogP contribution >= 0.6 is 11.8 Å². The first-order chi connectivity index (χ1) is 7.18. The predicted molar refractivity (Wildman–Crippen MR) is 56.4 cm³/mol. The second-order valence-electron chi connectivity index (χ2n) is 3.36. The number of aromatic nitrogens is 2. The van der Waals surface area contributed by atoms with Gasteiger partial charge in [-0.1, -0.05) is 0 Å². The summed E-state index contributed by atoms with van der Waals surface area (Å²) >= 11 is 1.82. The molecule has 2 heterocycles. The third-order valence-electron chi connectivity index (χ3n) is 2.37. The van der Waals surface area contributed by atoms with Gasteiger partial charge in [0.1, 0.15) is 5.56 Å². The Kier molecular flexibility index (Phi) is 2.77. The number of rotatable bonds is 2. The molecule has 0 aromatic carbocycles. The van der Waals surface area contributed by atoms with Crippen LogP contribution in [0.4, 0.5) is 0 Å². The molecule has 0 bridgehead atoms. The van der Waals surface area contributed by atoms with Crippen LogP contribution in [0.3, 0.4) is 0 Å². The maximum atomic E-state index is 11.1. The standard InChI is InChI=1S/C9H10N2O3S/c12-8-7(9(13)14)3-11(5-10-8)6-1-2-15-4-6/h3,5-6H,1-2,4H2,(H,13,14). The number of carbonyl (C=O) groups is 1. The van der Waals surface area contributed by atoms with Crippen molar-refractivity contribution in [3.8, 4) is 0 Å². The van der Waals surface area contributed by atoms with Crippen LogP contribution in [0.2, 0.25) is 0 Å². The molecule has 1 saturated heterocycles. The monoisotopic (exact) mass is 226 g/mol. The first-order valence-corrected chi connectivity index (χ1v) is 5.73. The predicted octanol–water partition coefficient (Wildman–Crippen LogP) is 0.619. The van der Waals surface area contributed by atoms with Gasteiger partial charge in [-0.2, -0.15) is 16.7 Å². The van der Waals surface area contributed by atoms with Crippen molar-refractivity contribution >= 4 is 17.7 Å². The second-order valence-corrected chi connectivity index (χ2v) is 4.51. The Morgan fingerprint density at radius 3 is 3.07 bits per heavy atom. The highest BCUT2D eigenvalue weighted by molar-refractivity contribution is 7.99. The average Bonchev–Trinajstić information content (AvgIpc) is 2.71. The zero-order valence-electron chi connectivity index (χ0n) is 7.92. The Morgan fingerprint density at radius 1 is 1.67 bits per heavy atom. The molecule has 5 nitrogen and oxygen atoms in total. The molecular formula is C9H10N2O3S. The third kappa shape index (κ3) is 2.04. The highest BCUT2D eigenvalue weighted by atomic mass is 32.2. The Morgan fingerprint density at radius 2 is 2.47 bits per heavy atom. The molecule has 1 unspecified atom stereocenters. The zero-order valence-corrected chi connectivity index (χ0v) is 8.74. The number of aromatic carboxylic acids is 1. The van der Waals surface area contributed by atoms with Gasteiger partial charge >= 0.3 is 5.97 Å². The van der Waals surface area contributed by atoms with Crippen LogP contribution in [-0.4, -0.2) is 32.1 Å². The highest BCUT2D eigenvalue weighted by Gasteiger charge is 2.18. The quantitative estimate of drug-likeness (QED) is 0.800. The summed E-state index contributed by atoms with van der Waals surface area (Å²) in [4.78, 5) is 25.4. The summed E-state index contributed by atoms with van der Waals surface area (Å²) in [6.07, 6.45) is 3.80. The van der Waals surface area contributed by atoms with Crippen LogP contribution in [0.1, 0.15) is 22.8 Å². The minimum atomic E-state index is -1.22. The van der Waals surface area contributed by atoms with E-state index in [2.05, 4.69) is 4.98 Å². The minimum absolute atomic E-state index is 0.255. The van der Waals surface area contributed by atoms with Crippen molar-refractivity contribution in [1.29, 1.82) is 0 Å². The molecule has 0 amide bonds. The molecule has 0 spiro atoms. The van der Waals surface area contributed by atoms with Gasteiger partial charge in [0.25, 0.3) is 5.56 Å². The van der Waals surface area contributed by atoms with Crippen LogP contribution in [0.15, 0.2) is 17.3 Å². The molecule has 1 aliphatic heterocycles. The molecule has 2 rings (SSSR count). The van der Waals surface area contributed by atoms with Gasteiger partial charge in [0.2, 0.25) is 0 Å². The lowest BCUT2D eigenvalue weighted by Crippen LogP contribution is -2.22. The van der Waals surface area contributed by atoms with Gasteiger partial charge in [0, 0.05) is 18.0 Å². The van der Waals surface area contributed by atoms with Gasteiger partial charge in [-0.05, 0) is 12.2 Å². The van der Waals surface area contributed by atoms with Gasteiger partial charge in [-0.25, -0.2) is 4.79 Å². The normalized spacial score (nSPS) is 20.4. The summed E-state index contributed by atoms with van der Waals surface area (Å²) in [6, 6.07) is 0.265. The van der Waals surface area contributed by atoms with E-state index in [0.29, 0.717) is 0 Å². The number of hydrogen-bond acceptors (Lipinski definition) is 4. The molecule has 0 saturated carbocycles. The fraction of sp³-hybridized carbons (Fsp3) is 0.444. The first-order valence-electron chi connectivity index (χ1n) is 4.57. The van der Waals surface area contributed by atoms with Crippen molar-refractivity contribution in [2.24, 2.45) is 0 Å². The van der Waals surface area contributed by atoms with E-state index < -0.39 is 11.5 Å². The van der Waals surface area contributed by atoms with E-state index in [1.807, 2.05) is 11.8 Å². The molecule has 0 aliphatic carbocycles. The van der Waals surface area contributed by atoms with Gasteiger partial charge in [-0.3, -0.25) is 4.79 Å². The van der Waals surface area contributed by atoms with Crippen molar-refractivity contribution in [2.75, 3.05) is 11.5 Å². The SMILES string of the molecule is O=C(O)c1cn(C2CCSC2)cnc1=O. The van der Waals surface area contributed by atoms with E-state index in [4.69, 9.17) is 5.11 Å². The Hall–Kier alpha value is -1.30. The van der Waals surface area contributed by atoms with E-state index in [0.717, 1.165) is 17.9 Å². The summed E-state index contributed by atoms with van der Waals surface area (Å²) in [5, 5.41) is 8.77. The number of carboxylic acid groups (broad SMARTS) is 1. The van der Waals surface area contributed by atoms with Crippen LogP contribution in [-0.2, 0) is 0 Å². The van der Waals surface area contributed by atoms with E-state index in [9.17, 15) is 9.59 Å². The first kappa shape index (κ1) is 10.2.